The number of hydrogen-bond acceptors (Lipinski definition) is 3. The molecular formula is C15H24O3. The van der Waals surface area contributed by atoms with Gasteiger partial charge in [0.1, 0.15) is 6.10 Å². The van der Waals surface area contributed by atoms with Crippen molar-refractivity contribution in [2.45, 2.75) is 52.2 Å². The van der Waals surface area contributed by atoms with Gasteiger partial charge in [-0.1, -0.05) is 17.7 Å². The number of carbonyl (C=O) groups is 1. The van der Waals surface area contributed by atoms with Crippen molar-refractivity contribution in [2.75, 3.05) is 0 Å². The number of aliphatic hydroxyl groups is 2. The van der Waals surface area contributed by atoms with Crippen LogP contribution in [0.3, 0.4) is 0 Å². The highest BCUT2D eigenvalue weighted by Gasteiger charge is 2.16. The quantitative estimate of drug-likeness (QED) is 0.541. The first kappa shape index (κ1) is 16.8. The van der Waals surface area contributed by atoms with Crippen molar-refractivity contribution < 1.29 is 15.0 Å². The summed E-state index contributed by atoms with van der Waals surface area (Å²) in [5, 5.41) is 19.5. The average Bonchev–Trinajstić information content (AvgIpc) is 2.26. The molecule has 3 heteroatoms. The van der Waals surface area contributed by atoms with Gasteiger partial charge >= 0.3 is 0 Å². The smallest absolute Gasteiger partial charge is 0.188 e. The zero-order valence-corrected chi connectivity index (χ0v) is 11.7. The molecule has 0 amide bonds. The van der Waals surface area contributed by atoms with E-state index in [1.54, 1.807) is 19.9 Å². The standard InChI is InChI=1S/C15H24O3/c1-6-15(5,18)9-7-8-12(4)14(17)13(16)10-11(2)3/h6,8,10,14,17-18H,1,7,9H2,2-5H3/b12-8+/t14-,15-/m1/s1. The minimum atomic E-state index is -1.09. The number of allylic oxidation sites excluding steroid dienone is 2. The lowest BCUT2D eigenvalue weighted by atomic mass is 9.98. The molecule has 0 spiro atoms. The highest BCUT2D eigenvalue weighted by Crippen LogP contribution is 2.15. The molecule has 0 unspecified atom stereocenters. The Hall–Kier alpha value is -1.19. The Kier molecular flexibility index (Phi) is 6.81. The van der Waals surface area contributed by atoms with Gasteiger partial charge in [0.05, 0.1) is 5.60 Å². The van der Waals surface area contributed by atoms with E-state index in [1.165, 1.54) is 12.2 Å². The lowest BCUT2D eigenvalue weighted by Crippen LogP contribution is -2.21. The monoisotopic (exact) mass is 252 g/mol. The van der Waals surface area contributed by atoms with Gasteiger partial charge in [0.25, 0.3) is 0 Å². The van der Waals surface area contributed by atoms with Crippen LogP contribution in [0.4, 0.5) is 0 Å². The van der Waals surface area contributed by atoms with Gasteiger partial charge in [0.2, 0.25) is 0 Å². The number of ketones is 1. The van der Waals surface area contributed by atoms with Crippen LogP contribution in [0, 0.1) is 0 Å². The zero-order valence-electron chi connectivity index (χ0n) is 11.7. The fourth-order valence-electron chi connectivity index (χ4n) is 1.39. The Morgan fingerprint density at radius 3 is 2.39 bits per heavy atom. The van der Waals surface area contributed by atoms with Crippen LogP contribution in [-0.2, 0) is 4.79 Å². The third kappa shape index (κ3) is 6.52. The molecule has 0 radical (unpaired) electrons. The number of aliphatic hydroxyl groups excluding tert-OH is 1. The highest BCUT2D eigenvalue weighted by molar-refractivity contribution is 5.95. The fraction of sp³-hybridized carbons (Fsp3) is 0.533. The minimum Gasteiger partial charge on any atom is -0.386 e. The maximum absolute atomic E-state index is 11.6. The summed E-state index contributed by atoms with van der Waals surface area (Å²) in [6.07, 6.45) is 4.71. The fourth-order valence-corrected chi connectivity index (χ4v) is 1.39. The molecule has 0 bridgehead atoms. The van der Waals surface area contributed by atoms with Crippen molar-refractivity contribution in [1.29, 1.82) is 0 Å². The molecule has 3 nitrogen and oxygen atoms in total. The largest absolute Gasteiger partial charge is 0.386 e. The van der Waals surface area contributed by atoms with E-state index in [0.717, 1.165) is 5.57 Å². The first-order valence-electron chi connectivity index (χ1n) is 6.09. The second-order valence-corrected chi connectivity index (χ2v) is 5.07. The molecule has 0 aliphatic rings. The van der Waals surface area contributed by atoms with Gasteiger partial charge in [-0.05, 0) is 52.2 Å². The van der Waals surface area contributed by atoms with Gasteiger partial charge < -0.3 is 10.2 Å². The Bertz CT molecular complexity index is 358. The molecule has 0 aromatic heterocycles. The van der Waals surface area contributed by atoms with Crippen molar-refractivity contribution in [1.82, 2.24) is 0 Å². The molecule has 0 aliphatic heterocycles. The maximum Gasteiger partial charge on any atom is 0.188 e. The van der Waals surface area contributed by atoms with Crippen LogP contribution < -0.4 is 0 Å². The van der Waals surface area contributed by atoms with Gasteiger partial charge in [0.15, 0.2) is 5.78 Å². The van der Waals surface area contributed by atoms with E-state index in [0.29, 0.717) is 18.4 Å². The van der Waals surface area contributed by atoms with Gasteiger partial charge in [-0.15, -0.1) is 6.58 Å². The summed E-state index contributed by atoms with van der Waals surface area (Å²) in [6, 6.07) is 0. The van der Waals surface area contributed by atoms with E-state index in [9.17, 15) is 15.0 Å². The highest BCUT2D eigenvalue weighted by atomic mass is 16.3. The van der Waals surface area contributed by atoms with Gasteiger partial charge in [-0.2, -0.15) is 0 Å². The van der Waals surface area contributed by atoms with Crippen molar-refractivity contribution in [3.8, 4) is 0 Å². The molecule has 0 rings (SSSR count). The number of hydrogen-bond donors (Lipinski definition) is 2. The number of carbonyl (C=O) groups excluding carboxylic acids is 1. The van der Waals surface area contributed by atoms with Crippen LogP contribution >= 0.6 is 0 Å². The lowest BCUT2D eigenvalue weighted by molar-refractivity contribution is -0.120. The summed E-state index contributed by atoms with van der Waals surface area (Å²) in [4.78, 5) is 11.6. The first-order valence-corrected chi connectivity index (χ1v) is 6.09. The molecule has 2 N–H and O–H groups in total. The molecule has 18 heavy (non-hydrogen) atoms. The van der Waals surface area contributed by atoms with E-state index in [4.69, 9.17) is 0 Å². The average molecular weight is 252 g/mol. The molecule has 0 heterocycles. The van der Waals surface area contributed by atoms with Crippen molar-refractivity contribution in [3.05, 3.63) is 36.0 Å². The molecule has 0 saturated carbocycles. The normalized spacial score (nSPS) is 16.7. The molecule has 2 atom stereocenters. The van der Waals surface area contributed by atoms with Crippen molar-refractivity contribution in [2.24, 2.45) is 0 Å². The predicted octanol–water partition coefficient (Wildman–Crippen LogP) is 2.55. The predicted molar refractivity (Wildman–Crippen MR) is 74.3 cm³/mol. The molecule has 0 aliphatic carbocycles. The molecule has 0 saturated heterocycles. The summed E-state index contributed by atoms with van der Waals surface area (Å²) >= 11 is 0. The second kappa shape index (κ2) is 7.29. The van der Waals surface area contributed by atoms with Crippen LogP contribution in [0.25, 0.3) is 0 Å². The van der Waals surface area contributed by atoms with Crippen LogP contribution in [-0.4, -0.2) is 27.7 Å². The second-order valence-electron chi connectivity index (χ2n) is 5.07. The van der Waals surface area contributed by atoms with E-state index < -0.39 is 11.7 Å². The van der Waals surface area contributed by atoms with Crippen LogP contribution in [0.15, 0.2) is 36.0 Å². The summed E-state index contributed by atoms with van der Waals surface area (Å²) < 4.78 is 0. The minimum absolute atomic E-state index is 0.306. The van der Waals surface area contributed by atoms with Crippen molar-refractivity contribution >= 4 is 5.78 Å². The SMILES string of the molecule is C=C[C@@](C)(O)CC/C=C(\C)[C@@H](O)C(=O)C=C(C)C. The van der Waals surface area contributed by atoms with E-state index in [1.807, 2.05) is 13.8 Å². The summed E-state index contributed by atoms with van der Waals surface area (Å²) in [5.74, 6) is -0.306. The maximum atomic E-state index is 11.6. The molecular weight excluding hydrogens is 228 g/mol. The van der Waals surface area contributed by atoms with Crippen LogP contribution in [0.1, 0.15) is 40.5 Å². The van der Waals surface area contributed by atoms with E-state index in [-0.39, 0.29) is 5.78 Å². The Labute approximate surface area is 110 Å². The van der Waals surface area contributed by atoms with E-state index >= 15 is 0 Å². The van der Waals surface area contributed by atoms with Crippen LogP contribution in [0.2, 0.25) is 0 Å². The Balaban J connectivity index is 4.47. The third-order valence-corrected chi connectivity index (χ3v) is 2.69. The Morgan fingerprint density at radius 1 is 1.39 bits per heavy atom. The summed E-state index contributed by atoms with van der Waals surface area (Å²) in [5.41, 5.74) is 0.560. The summed E-state index contributed by atoms with van der Waals surface area (Å²) in [7, 11) is 0. The first-order chi connectivity index (χ1) is 8.19. The zero-order chi connectivity index (χ0) is 14.3. The molecule has 0 aromatic rings. The third-order valence-electron chi connectivity index (χ3n) is 2.69. The van der Waals surface area contributed by atoms with Gasteiger partial charge in [0, 0.05) is 0 Å². The Morgan fingerprint density at radius 2 is 1.94 bits per heavy atom. The van der Waals surface area contributed by atoms with Crippen LogP contribution in [0.5, 0.6) is 0 Å². The van der Waals surface area contributed by atoms with Gasteiger partial charge in [-0.25, -0.2) is 0 Å². The van der Waals surface area contributed by atoms with Gasteiger partial charge in [-0.3, -0.25) is 4.79 Å². The molecule has 102 valence electrons. The molecule has 0 aromatic carbocycles. The number of rotatable bonds is 7. The van der Waals surface area contributed by atoms with E-state index in [2.05, 4.69) is 6.58 Å². The lowest BCUT2D eigenvalue weighted by Gasteiger charge is -2.17. The molecule has 0 fully saturated rings. The topological polar surface area (TPSA) is 57.5 Å². The summed E-state index contributed by atoms with van der Waals surface area (Å²) in [6.45, 7) is 10.6. The van der Waals surface area contributed by atoms with Crippen molar-refractivity contribution in [3.63, 3.8) is 0 Å².